The fourth-order valence-electron chi connectivity index (χ4n) is 1.70. The molecule has 0 aliphatic rings. The van der Waals surface area contributed by atoms with E-state index in [9.17, 15) is 4.79 Å². The van der Waals surface area contributed by atoms with Crippen LogP contribution in [0, 0.1) is 6.92 Å². The molecule has 0 fully saturated rings. The first kappa shape index (κ1) is 12.8. The Morgan fingerprint density at radius 3 is 2.56 bits per heavy atom. The van der Waals surface area contributed by atoms with Crippen LogP contribution in [0.4, 0.5) is 0 Å². The Labute approximate surface area is 115 Å². The van der Waals surface area contributed by atoms with Gasteiger partial charge >= 0.3 is 0 Å². The Morgan fingerprint density at radius 1 is 1.11 bits per heavy atom. The highest BCUT2D eigenvalue weighted by atomic mass is 79.9. The van der Waals surface area contributed by atoms with E-state index in [0.29, 0.717) is 12.1 Å². The van der Waals surface area contributed by atoms with Crippen molar-refractivity contribution in [2.45, 2.75) is 13.5 Å². The van der Waals surface area contributed by atoms with Crippen LogP contribution >= 0.6 is 15.9 Å². The van der Waals surface area contributed by atoms with Gasteiger partial charge in [0.2, 0.25) is 0 Å². The molecule has 0 aromatic heterocycles. The van der Waals surface area contributed by atoms with Gasteiger partial charge in [-0.05, 0) is 40.0 Å². The summed E-state index contributed by atoms with van der Waals surface area (Å²) in [6, 6.07) is 15.5. The average Bonchev–Trinajstić information content (AvgIpc) is 2.40. The van der Waals surface area contributed by atoms with Gasteiger partial charge in [-0.25, -0.2) is 0 Å². The number of rotatable bonds is 3. The Bertz CT molecular complexity index is 552. The van der Waals surface area contributed by atoms with Crippen molar-refractivity contribution in [1.29, 1.82) is 0 Å². The minimum atomic E-state index is -0.0607. The van der Waals surface area contributed by atoms with E-state index >= 15 is 0 Å². The standard InChI is InChI=1S/C15H14BrNO/c1-11-6-5-9-13(14(11)16)15(18)17-10-12-7-3-2-4-8-12/h2-9H,10H2,1H3,(H,17,18). The number of hydrogen-bond donors (Lipinski definition) is 1. The van der Waals surface area contributed by atoms with Crippen molar-refractivity contribution < 1.29 is 4.79 Å². The topological polar surface area (TPSA) is 29.1 Å². The number of carbonyl (C=O) groups is 1. The predicted octanol–water partition coefficient (Wildman–Crippen LogP) is 3.69. The van der Waals surface area contributed by atoms with Crippen LogP contribution in [-0.2, 0) is 6.54 Å². The molecule has 92 valence electrons. The van der Waals surface area contributed by atoms with Crippen LogP contribution in [0.5, 0.6) is 0 Å². The molecule has 0 atom stereocenters. The molecule has 0 bridgehead atoms. The molecule has 2 aromatic carbocycles. The van der Waals surface area contributed by atoms with Crippen molar-refractivity contribution in [3.05, 3.63) is 69.7 Å². The fourth-order valence-corrected chi connectivity index (χ4v) is 2.14. The van der Waals surface area contributed by atoms with E-state index in [1.165, 1.54) is 0 Å². The number of aryl methyl sites for hydroxylation is 1. The SMILES string of the molecule is Cc1cccc(C(=O)NCc2ccccc2)c1Br. The molecule has 0 unspecified atom stereocenters. The number of carbonyl (C=O) groups excluding carboxylic acids is 1. The number of benzene rings is 2. The van der Waals surface area contributed by atoms with E-state index in [0.717, 1.165) is 15.6 Å². The van der Waals surface area contributed by atoms with Gasteiger partial charge in [0.25, 0.3) is 5.91 Å². The van der Waals surface area contributed by atoms with Crippen LogP contribution < -0.4 is 5.32 Å². The molecule has 0 saturated carbocycles. The summed E-state index contributed by atoms with van der Waals surface area (Å²) < 4.78 is 0.857. The molecule has 2 aromatic rings. The molecule has 1 N–H and O–H groups in total. The third-order valence-electron chi connectivity index (χ3n) is 2.73. The van der Waals surface area contributed by atoms with Gasteiger partial charge < -0.3 is 5.32 Å². The van der Waals surface area contributed by atoms with E-state index in [1.54, 1.807) is 0 Å². The van der Waals surface area contributed by atoms with E-state index in [2.05, 4.69) is 21.2 Å². The van der Waals surface area contributed by atoms with Gasteiger partial charge in [-0.15, -0.1) is 0 Å². The molecule has 2 rings (SSSR count). The van der Waals surface area contributed by atoms with E-state index in [1.807, 2.05) is 55.5 Å². The van der Waals surface area contributed by atoms with Gasteiger partial charge in [-0.3, -0.25) is 4.79 Å². The van der Waals surface area contributed by atoms with Gasteiger partial charge in [0.05, 0.1) is 5.56 Å². The molecule has 1 amide bonds. The van der Waals surface area contributed by atoms with E-state index in [-0.39, 0.29) is 5.91 Å². The number of halogens is 1. The van der Waals surface area contributed by atoms with Crippen molar-refractivity contribution in [3.63, 3.8) is 0 Å². The lowest BCUT2D eigenvalue weighted by molar-refractivity contribution is 0.0950. The normalized spacial score (nSPS) is 10.1. The molecule has 3 heteroatoms. The second kappa shape index (κ2) is 5.83. The first-order chi connectivity index (χ1) is 8.68. The molecule has 2 nitrogen and oxygen atoms in total. The molecular weight excluding hydrogens is 290 g/mol. The van der Waals surface area contributed by atoms with Crippen LogP contribution in [0.25, 0.3) is 0 Å². The molecular formula is C15H14BrNO. The second-order valence-electron chi connectivity index (χ2n) is 4.10. The summed E-state index contributed by atoms with van der Waals surface area (Å²) in [6.45, 7) is 2.51. The monoisotopic (exact) mass is 303 g/mol. The summed E-state index contributed by atoms with van der Waals surface area (Å²) in [5.74, 6) is -0.0607. The summed E-state index contributed by atoms with van der Waals surface area (Å²) >= 11 is 3.45. The Balaban J connectivity index is 2.07. The third-order valence-corrected chi connectivity index (χ3v) is 3.78. The fraction of sp³-hybridized carbons (Fsp3) is 0.133. The summed E-state index contributed by atoms with van der Waals surface area (Å²) in [7, 11) is 0. The Kier molecular flexibility index (Phi) is 4.15. The maximum atomic E-state index is 12.0. The maximum Gasteiger partial charge on any atom is 0.252 e. The quantitative estimate of drug-likeness (QED) is 0.920. The van der Waals surface area contributed by atoms with Gasteiger partial charge in [0.1, 0.15) is 0 Å². The first-order valence-corrected chi connectivity index (χ1v) is 6.55. The van der Waals surface area contributed by atoms with Crippen LogP contribution in [0.1, 0.15) is 21.5 Å². The Morgan fingerprint density at radius 2 is 1.83 bits per heavy atom. The number of nitrogens with one attached hydrogen (secondary N) is 1. The number of amides is 1. The maximum absolute atomic E-state index is 12.0. The molecule has 0 saturated heterocycles. The van der Waals surface area contributed by atoms with Gasteiger partial charge in [0.15, 0.2) is 0 Å². The highest BCUT2D eigenvalue weighted by Gasteiger charge is 2.10. The first-order valence-electron chi connectivity index (χ1n) is 5.75. The Hall–Kier alpha value is -1.61. The van der Waals surface area contributed by atoms with Crippen molar-refractivity contribution in [2.24, 2.45) is 0 Å². The predicted molar refractivity (Wildman–Crippen MR) is 76.5 cm³/mol. The summed E-state index contributed by atoms with van der Waals surface area (Å²) in [6.07, 6.45) is 0. The van der Waals surface area contributed by atoms with E-state index in [4.69, 9.17) is 0 Å². The van der Waals surface area contributed by atoms with E-state index < -0.39 is 0 Å². The lowest BCUT2D eigenvalue weighted by Gasteiger charge is -2.08. The smallest absolute Gasteiger partial charge is 0.252 e. The molecule has 0 aliphatic heterocycles. The van der Waals surface area contributed by atoms with Crippen LogP contribution in [0.15, 0.2) is 53.0 Å². The molecule has 0 spiro atoms. The highest BCUT2D eigenvalue weighted by Crippen LogP contribution is 2.20. The zero-order valence-electron chi connectivity index (χ0n) is 10.1. The number of hydrogen-bond acceptors (Lipinski definition) is 1. The minimum Gasteiger partial charge on any atom is -0.348 e. The van der Waals surface area contributed by atoms with Crippen molar-refractivity contribution >= 4 is 21.8 Å². The average molecular weight is 304 g/mol. The molecule has 0 radical (unpaired) electrons. The van der Waals surface area contributed by atoms with Crippen LogP contribution in [0.3, 0.4) is 0 Å². The van der Waals surface area contributed by atoms with Crippen molar-refractivity contribution in [1.82, 2.24) is 5.32 Å². The molecule has 18 heavy (non-hydrogen) atoms. The van der Waals surface area contributed by atoms with Crippen LogP contribution in [-0.4, -0.2) is 5.91 Å². The summed E-state index contributed by atoms with van der Waals surface area (Å²) in [5, 5.41) is 2.91. The van der Waals surface area contributed by atoms with Crippen molar-refractivity contribution in [2.75, 3.05) is 0 Å². The van der Waals surface area contributed by atoms with Gasteiger partial charge in [-0.1, -0.05) is 42.5 Å². The zero-order valence-corrected chi connectivity index (χ0v) is 11.7. The zero-order chi connectivity index (χ0) is 13.0. The summed E-state index contributed by atoms with van der Waals surface area (Å²) in [5.41, 5.74) is 2.82. The minimum absolute atomic E-state index is 0.0607. The lowest BCUT2D eigenvalue weighted by atomic mass is 10.1. The van der Waals surface area contributed by atoms with Gasteiger partial charge in [-0.2, -0.15) is 0 Å². The largest absolute Gasteiger partial charge is 0.348 e. The second-order valence-corrected chi connectivity index (χ2v) is 4.90. The molecule has 0 aliphatic carbocycles. The summed E-state index contributed by atoms with van der Waals surface area (Å²) in [4.78, 5) is 12.0. The third kappa shape index (κ3) is 2.99. The van der Waals surface area contributed by atoms with Crippen molar-refractivity contribution in [3.8, 4) is 0 Å². The lowest BCUT2D eigenvalue weighted by Crippen LogP contribution is -2.23. The highest BCUT2D eigenvalue weighted by molar-refractivity contribution is 9.10. The molecule has 0 heterocycles. The van der Waals surface area contributed by atoms with Gasteiger partial charge in [0, 0.05) is 11.0 Å². The van der Waals surface area contributed by atoms with Crippen LogP contribution in [0.2, 0.25) is 0 Å².